The van der Waals surface area contributed by atoms with Crippen LogP contribution in [0.1, 0.15) is 208 Å². The summed E-state index contributed by atoms with van der Waals surface area (Å²) < 4.78 is 17.5. The van der Waals surface area contributed by atoms with Gasteiger partial charge in [0, 0.05) is 65.2 Å². The summed E-state index contributed by atoms with van der Waals surface area (Å²) in [5.41, 5.74) is 0. The number of hydrogen-bond acceptors (Lipinski definition) is 9. The molecule has 0 spiro atoms. The lowest BCUT2D eigenvalue weighted by molar-refractivity contribution is -0.145. The quantitative estimate of drug-likeness (QED) is 0.0358. The number of carboxylic acids is 1. The van der Waals surface area contributed by atoms with Crippen LogP contribution in [0, 0.1) is 5.92 Å². The first-order valence-corrected chi connectivity index (χ1v) is 25.8. The third-order valence-corrected chi connectivity index (χ3v) is 12.0. The highest BCUT2D eigenvalue weighted by molar-refractivity contribution is 5.69. The molecule has 366 valence electrons. The molecule has 0 atom stereocenters. The summed E-state index contributed by atoms with van der Waals surface area (Å²) in [4.78, 5) is 58.7. The molecule has 0 saturated carbocycles. The largest absolute Gasteiger partial charge is 0.481 e. The smallest absolute Gasteiger partial charge is 0.409 e. The molecular weight excluding hydrogens is 785 g/mol. The maximum Gasteiger partial charge on any atom is 0.409 e. The van der Waals surface area contributed by atoms with E-state index in [1.165, 1.54) is 77.0 Å². The number of carboxylic acid groups (broad SMARTS) is 1. The molecule has 0 saturated heterocycles. The molecule has 0 aromatic rings. The number of aliphatic carboxylic acids is 1. The molecule has 0 radical (unpaired) electrons. The number of esters is 1. The van der Waals surface area contributed by atoms with Crippen molar-refractivity contribution in [3.8, 4) is 0 Å². The predicted octanol–water partition coefficient (Wildman–Crippen LogP) is 12.0. The SMILES string of the molecule is CCCCCCCCN(CCCCC(=O)O)C(=O)OCCN(CCOC(=O)N(CCCCCCCC)CCCCC(=O)OCC(CCCCC)CCCCC)CCN(CC)CC. The molecule has 12 nitrogen and oxygen atoms in total. The number of amides is 2. The Kier molecular flexibility index (Phi) is 41.8. The van der Waals surface area contributed by atoms with Crippen molar-refractivity contribution in [1.82, 2.24) is 19.6 Å². The zero-order valence-electron chi connectivity index (χ0n) is 41.2. The van der Waals surface area contributed by atoms with E-state index in [1.807, 2.05) is 4.90 Å². The molecule has 0 bridgehead atoms. The Morgan fingerprint density at radius 2 is 0.806 bits per heavy atom. The lowest BCUT2D eigenvalue weighted by Gasteiger charge is -2.28. The van der Waals surface area contributed by atoms with E-state index < -0.39 is 5.97 Å². The molecule has 1 N–H and O–H groups in total. The molecule has 0 rings (SSSR count). The zero-order valence-corrected chi connectivity index (χ0v) is 41.2. The lowest BCUT2D eigenvalue weighted by atomic mass is 9.96. The average molecular weight is 883 g/mol. The topological polar surface area (TPSA) is 129 Å². The van der Waals surface area contributed by atoms with Crippen LogP contribution in [0.25, 0.3) is 0 Å². The molecule has 0 aliphatic rings. The standard InChI is InChI=1S/C50H98N4O8/c1-7-13-17-19-21-27-35-53(37-29-25-33-47(55)56)49(58)60-43-41-52(40-39-51(11-5)12-6)42-44-61-50(59)54(36-28-22-20-18-14-8-2)38-30-26-34-48(57)62-45-46(31-23-15-9-3)32-24-16-10-4/h46H,7-45H2,1-6H3,(H,55,56). The van der Waals surface area contributed by atoms with E-state index in [2.05, 4.69) is 51.3 Å². The molecule has 0 aromatic carbocycles. The van der Waals surface area contributed by atoms with Crippen molar-refractivity contribution < 1.29 is 38.5 Å². The highest BCUT2D eigenvalue weighted by Crippen LogP contribution is 2.19. The van der Waals surface area contributed by atoms with Gasteiger partial charge in [-0.25, -0.2) is 9.59 Å². The van der Waals surface area contributed by atoms with Crippen molar-refractivity contribution in [1.29, 1.82) is 0 Å². The molecule has 0 aromatic heterocycles. The number of carbonyl (C=O) groups excluding carboxylic acids is 3. The summed E-state index contributed by atoms with van der Waals surface area (Å²) >= 11 is 0. The van der Waals surface area contributed by atoms with Gasteiger partial charge in [-0.3, -0.25) is 14.5 Å². The van der Waals surface area contributed by atoms with E-state index in [0.717, 1.165) is 77.5 Å². The van der Waals surface area contributed by atoms with Crippen LogP contribution in [0.5, 0.6) is 0 Å². The van der Waals surface area contributed by atoms with Crippen LogP contribution in [0.4, 0.5) is 9.59 Å². The van der Waals surface area contributed by atoms with Crippen molar-refractivity contribution in [2.75, 3.05) is 85.3 Å². The Labute approximate surface area is 380 Å². The van der Waals surface area contributed by atoms with Gasteiger partial charge in [-0.15, -0.1) is 0 Å². The van der Waals surface area contributed by atoms with E-state index in [1.54, 1.807) is 4.90 Å². The van der Waals surface area contributed by atoms with E-state index in [9.17, 15) is 19.2 Å². The van der Waals surface area contributed by atoms with Crippen molar-refractivity contribution in [2.45, 2.75) is 208 Å². The highest BCUT2D eigenvalue weighted by Gasteiger charge is 2.19. The van der Waals surface area contributed by atoms with Crippen molar-refractivity contribution >= 4 is 24.1 Å². The summed E-state index contributed by atoms with van der Waals surface area (Å²) in [5, 5.41) is 9.07. The monoisotopic (exact) mass is 883 g/mol. The number of likely N-dealkylation sites (N-methyl/N-ethyl adjacent to an activating group) is 1. The van der Waals surface area contributed by atoms with Gasteiger partial charge in [-0.2, -0.15) is 0 Å². The van der Waals surface area contributed by atoms with Crippen LogP contribution in [0.3, 0.4) is 0 Å². The first-order valence-electron chi connectivity index (χ1n) is 25.8. The van der Waals surface area contributed by atoms with Crippen LogP contribution in [-0.2, 0) is 23.8 Å². The average Bonchev–Trinajstić information content (AvgIpc) is 3.26. The number of rotatable bonds is 45. The van der Waals surface area contributed by atoms with Gasteiger partial charge in [0.25, 0.3) is 0 Å². The molecule has 0 heterocycles. The van der Waals surface area contributed by atoms with Crippen LogP contribution in [0.2, 0.25) is 0 Å². The first kappa shape index (κ1) is 59.4. The Balaban J connectivity index is 5.32. The molecule has 0 unspecified atom stereocenters. The van der Waals surface area contributed by atoms with Gasteiger partial charge >= 0.3 is 24.1 Å². The van der Waals surface area contributed by atoms with E-state index in [-0.39, 0.29) is 37.8 Å². The number of hydrogen-bond donors (Lipinski definition) is 1. The van der Waals surface area contributed by atoms with Crippen LogP contribution >= 0.6 is 0 Å². The molecule has 0 aliphatic carbocycles. The third-order valence-electron chi connectivity index (χ3n) is 12.0. The predicted molar refractivity (Wildman–Crippen MR) is 255 cm³/mol. The number of ether oxygens (including phenoxy) is 3. The number of unbranched alkanes of at least 4 members (excludes halogenated alkanes) is 16. The molecule has 2 amide bonds. The second-order valence-electron chi connectivity index (χ2n) is 17.5. The minimum atomic E-state index is -0.820. The van der Waals surface area contributed by atoms with Crippen molar-refractivity contribution in [3.05, 3.63) is 0 Å². The fraction of sp³-hybridized carbons (Fsp3) is 0.920. The maximum absolute atomic E-state index is 13.5. The molecular formula is C50H98N4O8. The Hall–Kier alpha value is -2.60. The maximum atomic E-state index is 13.5. The lowest BCUT2D eigenvalue weighted by Crippen LogP contribution is -2.41. The van der Waals surface area contributed by atoms with Crippen LogP contribution in [0.15, 0.2) is 0 Å². The summed E-state index contributed by atoms with van der Waals surface area (Å²) in [5.74, 6) is -0.511. The molecule has 62 heavy (non-hydrogen) atoms. The Morgan fingerprint density at radius 3 is 1.24 bits per heavy atom. The molecule has 12 heteroatoms. The Morgan fingerprint density at radius 1 is 0.419 bits per heavy atom. The minimum Gasteiger partial charge on any atom is -0.481 e. The van der Waals surface area contributed by atoms with Gasteiger partial charge < -0.3 is 34.0 Å². The molecule has 0 fully saturated rings. The summed E-state index contributed by atoms with van der Waals surface area (Å²) in [6, 6.07) is 0. The van der Waals surface area contributed by atoms with E-state index >= 15 is 0 Å². The highest BCUT2D eigenvalue weighted by atomic mass is 16.6. The van der Waals surface area contributed by atoms with Gasteiger partial charge in [0.15, 0.2) is 0 Å². The number of nitrogens with zero attached hydrogens (tertiary/aromatic N) is 4. The van der Waals surface area contributed by atoms with Crippen LogP contribution in [-0.4, -0.2) is 134 Å². The number of carbonyl (C=O) groups is 4. The van der Waals surface area contributed by atoms with Gasteiger partial charge in [-0.1, -0.05) is 144 Å². The second-order valence-corrected chi connectivity index (χ2v) is 17.5. The van der Waals surface area contributed by atoms with Gasteiger partial charge in [0.1, 0.15) is 13.2 Å². The van der Waals surface area contributed by atoms with Gasteiger partial charge in [0.2, 0.25) is 0 Å². The van der Waals surface area contributed by atoms with Gasteiger partial charge in [-0.05, 0) is 70.4 Å². The fourth-order valence-corrected chi connectivity index (χ4v) is 7.73. The van der Waals surface area contributed by atoms with Crippen LogP contribution < -0.4 is 0 Å². The summed E-state index contributed by atoms with van der Waals surface area (Å²) in [7, 11) is 0. The van der Waals surface area contributed by atoms with E-state index in [0.29, 0.717) is 83.9 Å². The third kappa shape index (κ3) is 35.8. The Bertz CT molecular complexity index is 1050. The second kappa shape index (κ2) is 43.6. The van der Waals surface area contributed by atoms with E-state index in [4.69, 9.17) is 19.3 Å². The summed E-state index contributed by atoms with van der Waals surface area (Å²) in [6.07, 6.45) is 25.3. The zero-order chi connectivity index (χ0) is 45.9. The van der Waals surface area contributed by atoms with Gasteiger partial charge in [0.05, 0.1) is 6.61 Å². The molecule has 0 aliphatic heterocycles. The van der Waals surface area contributed by atoms with Crippen molar-refractivity contribution in [3.63, 3.8) is 0 Å². The first-order chi connectivity index (χ1) is 30.1. The summed E-state index contributed by atoms with van der Waals surface area (Å²) in [6.45, 7) is 20.9. The fourth-order valence-electron chi connectivity index (χ4n) is 7.73. The van der Waals surface area contributed by atoms with Crippen molar-refractivity contribution in [2.24, 2.45) is 5.92 Å². The minimum absolute atomic E-state index is 0.0955. The normalized spacial score (nSPS) is 11.4.